The third-order valence-electron chi connectivity index (χ3n) is 6.19. The van der Waals surface area contributed by atoms with Crippen molar-refractivity contribution in [3.8, 4) is 0 Å². The first-order chi connectivity index (χ1) is 17.4. The number of carbonyl (C=O) groups excluding carboxylic acids is 1. The molecule has 0 bridgehead atoms. The van der Waals surface area contributed by atoms with E-state index in [-0.39, 0.29) is 23.9 Å². The van der Waals surface area contributed by atoms with Gasteiger partial charge in [0, 0.05) is 29.7 Å². The summed E-state index contributed by atoms with van der Waals surface area (Å²) in [6, 6.07) is 19.0. The van der Waals surface area contributed by atoms with Gasteiger partial charge >= 0.3 is 0 Å². The Balaban J connectivity index is 1.55. The predicted octanol–water partition coefficient (Wildman–Crippen LogP) is 5.95. The van der Waals surface area contributed by atoms with E-state index in [0.29, 0.717) is 22.4 Å². The van der Waals surface area contributed by atoms with Crippen LogP contribution in [0.15, 0.2) is 83.7 Å². The minimum absolute atomic E-state index is 0.0909. The Hall–Kier alpha value is -3.62. The number of nitrogens with zero attached hydrogens (tertiary/aromatic N) is 3. The van der Waals surface area contributed by atoms with Crippen LogP contribution in [0.4, 0.5) is 11.4 Å². The number of halogens is 1. The molecule has 0 saturated carbocycles. The Kier molecular flexibility index (Phi) is 6.80. The number of furan rings is 1. The van der Waals surface area contributed by atoms with Gasteiger partial charge in [-0.2, -0.15) is 0 Å². The lowest BCUT2D eigenvalue weighted by Crippen LogP contribution is -2.30. The standard InChI is InChI=1S/C27H26ClN5O2S/c1-17(2)26(34)30-21-11-10-18(15-20(21)28)33-25(24(31-27(33)36)22-8-3-4-12-29-22)23-9-5-13-32(23)16-19-7-6-14-35-19/h3-15,17,24-25H,16H2,1-2H3,(H,30,34)(H,31,36)/t24-,25+/m0/s1. The third kappa shape index (κ3) is 4.74. The Bertz CT molecular complexity index is 1370. The zero-order valence-electron chi connectivity index (χ0n) is 19.9. The molecule has 1 aliphatic heterocycles. The van der Waals surface area contributed by atoms with Gasteiger partial charge < -0.3 is 24.5 Å². The fourth-order valence-electron chi connectivity index (χ4n) is 4.38. The molecule has 1 aromatic carbocycles. The molecule has 3 aromatic heterocycles. The van der Waals surface area contributed by atoms with Gasteiger partial charge in [0.1, 0.15) is 11.8 Å². The molecule has 9 heteroatoms. The minimum atomic E-state index is -0.204. The van der Waals surface area contributed by atoms with Crippen LogP contribution in [0.5, 0.6) is 0 Å². The third-order valence-corrected chi connectivity index (χ3v) is 6.81. The largest absolute Gasteiger partial charge is 0.467 e. The molecule has 4 heterocycles. The van der Waals surface area contributed by atoms with E-state index in [9.17, 15) is 4.79 Å². The van der Waals surface area contributed by atoms with Crippen LogP contribution >= 0.6 is 23.8 Å². The van der Waals surface area contributed by atoms with Crippen molar-refractivity contribution in [1.29, 1.82) is 0 Å². The fourth-order valence-corrected chi connectivity index (χ4v) is 4.94. The molecule has 1 fully saturated rings. The Labute approximate surface area is 220 Å². The lowest BCUT2D eigenvalue weighted by molar-refractivity contribution is -0.118. The predicted molar refractivity (Wildman–Crippen MR) is 145 cm³/mol. The van der Waals surface area contributed by atoms with Crippen molar-refractivity contribution >= 4 is 46.2 Å². The number of benzene rings is 1. The second-order valence-electron chi connectivity index (χ2n) is 8.95. The molecular formula is C27H26ClN5O2S. The Morgan fingerprint density at radius 3 is 2.75 bits per heavy atom. The van der Waals surface area contributed by atoms with Crippen molar-refractivity contribution < 1.29 is 9.21 Å². The number of rotatable bonds is 7. The number of nitrogens with one attached hydrogen (secondary N) is 2. The lowest BCUT2D eigenvalue weighted by atomic mass is 10.0. The number of pyridine rings is 1. The molecule has 1 aliphatic rings. The zero-order chi connectivity index (χ0) is 25.2. The molecule has 7 nitrogen and oxygen atoms in total. The molecule has 1 amide bonds. The second kappa shape index (κ2) is 10.2. The molecule has 0 aliphatic carbocycles. The fraction of sp³-hybridized carbons (Fsp3) is 0.222. The van der Waals surface area contributed by atoms with E-state index in [1.807, 2.05) is 74.6 Å². The molecule has 5 rings (SSSR count). The maximum absolute atomic E-state index is 12.2. The first-order valence-electron chi connectivity index (χ1n) is 11.7. The van der Waals surface area contributed by atoms with Crippen LogP contribution in [-0.2, 0) is 11.3 Å². The highest BCUT2D eigenvalue weighted by Crippen LogP contribution is 2.43. The van der Waals surface area contributed by atoms with Crippen molar-refractivity contribution in [2.24, 2.45) is 5.92 Å². The normalized spacial score (nSPS) is 17.4. The van der Waals surface area contributed by atoms with Crippen LogP contribution in [0, 0.1) is 5.92 Å². The number of hydrogen-bond donors (Lipinski definition) is 2. The van der Waals surface area contributed by atoms with E-state index in [1.54, 1.807) is 12.5 Å². The van der Waals surface area contributed by atoms with Crippen LogP contribution in [0.1, 0.15) is 43.1 Å². The number of thiocarbonyl (C=S) groups is 1. The van der Waals surface area contributed by atoms with E-state index in [0.717, 1.165) is 22.8 Å². The van der Waals surface area contributed by atoms with Gasteiger partial charge in [-0.3, -0.25) is 9.78 Å². The van der Waals surface area contributed by atoms with Crippen LogP contribution in [0.3, 0.4) is 0 Å². The van der Waals surface area contributed by atoms with E-state index < -0.39 is 0 Å². The van der Waals surface area contributed by atoms with E-state index in [2.05, 4.69) is 31.2 Å². The minimum Gasteiger partial charge on any atom is -0.467 e. The van der Waals surface area contributed by atoms with E-state index >= 15 is 0 Å². The van der Waals surface area contributed by atoms with Gasteiger partial charge in [0.25, 0.3) is 0 Å². The maximum atomic E-state index is 12.2. The zero-order valence-corrected chi connectivity index (χ0v) is 21.5. The molecule has 4 aromatic rings. The first-order valence-corrected chi connectivity index (χ1v) is 12.5. The van der Waals surface area contributed by atoms with Crippen LogP contribution < -0.4 is 15.5 Å². The van der Waals surface area contributed by atoms with Crippen molar-refractivity contribution in [3.05, 3.63) is 101 Å². The summed E-state index contributed by atoms with van der Waals surface area (Å²) in [6.07, 6.45) is 5.49. The van der Waals surface area contributed by atoms with Gasteiger partial charge in [-0.1, -0.05) is 31.5 Å². The molecule has 36 heavy (non-hydrogen) atoms. The summed E-state index contributed by atoms with van der Waals surface area (Å²) in [5.41, 5.74) is 3.30. The van der Waals surface area contributed by atoms with Gasteiger partial charge in [0.05, 0.1) is 35.3 Å². The molecule has 0 unspecified atom stereocenters. The number of aromatic nitrogens is 2. The first kappa shape index (κ1) is 24.1. The number of hydrogen-bond acceptors (Lipinski definition) is 4. The summed E-state index contributed by atoms with van der Waals surface area (Å²) >= 11 is 12.5. The summed E-state index contributed by atoms with van der Waals surface area (Å²) in [5, 5.41) is 7.36. The molecule has 2 N–H and O–H groups in total. The summed E-state index contributed by atoms with van der Waals surface area (Å²) in [6.45, 7) is 4.26. The van der Waals surface area contributed by atoms with Gasteiger partial charge in [-0.05, 0) is 66.8 Å². The van der Waals surface area contributed by atoms with Gasteiger partial charge in [0.15, 0.2) is 5.11 Å². The lowest BCUT2D eigenvalue weighted by Gasteiger charge is -2.29. The van der Waals surface area contributed by atoms with Crippen molar-refractivity contribution in [1.82, 2.24) is 14.9 Å². The smallest absolute Gasteiger partial charge is 0.226 e. The second-order valence-corrected chi connectivity index (χ2v) is 9.74. The molecule has 0 radical (unpaired) electrons. The topological polar surface area (TPSA) is 75.3 Å². The average molecular weight is 520 g/mol. The van der Waals surface area contributed by atoms with Gasteiger partial charge in [-0.15, -0.1) is 0 Å². The maximum Gasteiger partial charge on any atom is 0.226 e. The highest BCUT2D eigenvalue weighted by Gasteiger charge is 2.42. The summed E-state index contributed by atoms with van der Waals surface area (Å²) in [5.74, 6) is 0.614. The molecular weight excluding hydrogens is 494 g/mol. The van der Waals surface area contributed by atoms with E-state index in [1.165, 1.54) is 0 Å². The molecule has 2 atom stereocenters. The number of anilines is 2. The quantitative estimate of drug-likeness (QED) is 0.294. The summed E-state index contributed by atoms with van der Waals surface area (Å²) in [4.78, 5) is 18.9. The van der Waals surface area contributed by atoms with E-state index in [4.69, 9.17) is 28.2 Å². The van der Waals surface area contributed by atoms with Crippen molar-refractivity contribution in [3.63, 3.8) is 0 Å². The van der Waals surface area contributed by atoms with Gasteiger partial charge in [0.2, 0.25) is 5.91 Å². The molecule has 184 valence electrons. The van der Waals surface area contributed by atoms with Crippen LogP contribution in [0.2, 0.25) is 5.02 Å². The van der Waals surface area contributed by atoms with Crippen LogP contribution in [-0.4, -0.2) is 20.6 Å². The van der Waals surface area contributed by atoms with Crippen molar-refractivity contribution in [2.45, 2.75) is 32.5 Å². The molecule has 1 saturated heterocycles. The van der Waals surface area contributed by atoms with Gasteiger partial charge in [-0.25, -0.2) is 0 Å². The highest BCUT2D eigenvalue weighted by molar-refractivity contribution is 7.80. The molecule has 0 spiro atoms. The number of carbonyl (C=O) groups is 1. The van der Waals surface area contributed by atoms with Crippen LogP contribution in [0.25, 0.3) is 0 Å². The Morgan fingerprint density at radius 2 is 2.06 bits per heavy atom. The Morgan fingerprint density at radius 1 is 1.19 bits per heavy atom. The van der Waals surface area contributed by atoms with Crippen molar-refractivity contribution in [2.75, 3.05) is 10.2 Å². The monoisotopic (exact) mass is 519 g/mol. The average Bonchev–Trinajstić information content (AvgIpc) is 3.61. The highest BCUT2D eigenvalue weighted by atomic mass is 35.5. The summed E-state index contributed by atoms with van der Waals surface area (Å²) in [7, 11) is 0. The SMILES string of the molecule is CC(C)C(=O)Nc1ccc(N2C(=S)N[C@@H](c3ccccn3)[C@H]2c2cccn2Cc2ccco2)cc1Cl. The number of amides is 1. The summed E-state index contributed by atoms with van der Waals surface area (Å²) < 4.78 is 7.76.